The molecule has 0 amide bonds. The number of likely N-dealkylation sites (N-methyl/N-ethyl adjacent to an activating group) is 1. The second-order valence-corrected chi connectivity index (χ2v) is 2.85. The van der Waals surface area contributed by atoms with Crippen LogP contribution in [-0.4, -0.2) is 13.1 Å². The molecule has 1 nitrogen and oxygen atoms in total. The van der Waals surface area contributed by atoms with Crippen molar-refractivity contribution in [3.05, 3.63) is 41.5 Å². The van der Waals surface area contributed by atoms with Crippen molar-refractivity contribution in [2.45, 2.75) is 6.92 Å². The summed E-state index contributed by atoms with van der Waals surface area (Å²) in [4.78, 5) is 0. The molecule has 76 valence electrons. The Bertz CT molecular complexity index is 321. The molecule has 0 saturated heterocycles. The lowest BCUT2D eigenvalue weighted by molar-refractivity contribution is 0.507. The van der Waals surface area contributed by atoms with E-state index in [1.165, 1.54) is 6.07 Å². The van der Waals surface area contributed by atoms with Crippen LogP contribution >= 0.6 is 0 Å². The normalized spacial score (nSPS) is 11.1. The summed E-state index contributed by atoms with van der Waals surface area (Å²) in [5.41, 5.74) is 0.280. The van der Waals surface area contributed by atoms with Gasteiger partial charge in [0.05, 0.1) is 0 Å². The number of hydrogen-bond acceptors (Lipinski definition) is 1. The van der Waals surface area contributed by atoms with Crippen LogP contribution in [0.3, 0.4) is 0 Å². The molecule has 1 aromatic rings. The Balaban J connectivity index is 2.67. The fraction of sp³-hybridized carbons (Fsp3) is 0.273. The Labute approximate surface area is 82.4 Å². The van der Waals surface area contributed by atoms with Crippen molar-refractivity contribution in [1.82, 2.24) is 5.32 Å². The van der Waals surface area contributed by atoms with E-state index in [2.05, 4.69) is 5.32 Å². The third-order valence-corrected chi connectivity index (χ3v) is 1.79. The first kappa shape index (κ1) is 10.9. The highest BCUT2D eigenvalue weighted by molar-refractivity contribution is 5.50. The zero-order chi connectivity index (χ0) is 10.4. The highest BCUT2D eigenvalue weighted by Gasteiger charge is 2.03. The molecule has 0 atom stereocenters. The van der Waals surface area contributed by atoms with Crippen molar-refractivity contribution < 1.29 is 8.78 Å². The molecule has 3 heteroatoms. The second kappa shape index (κ2) is 5.50. The van der Waals surface area contributed by atoms with Gasteiger partial charge in [-0.05, 0) is 12.6 Å². The molecule has 0 unspecified atom stereocenters. The lowest BCUT2D eigenvalue weighted by atomic mass is 10.2. The fourth-order valence-electron chi connectivity index (χ4n) is 1.06. The minimum Gasteiger partial charge on any atom is -0.314 e. The number of benzene rings is 1. The average molecular weight is 197 g/mol. The highest BCUT2D eigenvalue weighted by atomic mass is 19.2. The molecule has 1 aromatic carbocycles. The quantitative estimate of drug-likeness (QED) is 0.731. The van der Waals surface area contributed by atoms with E-state index in [9.17, 15) is 8.78 Å². The Morgan fingerprint density at radius 1 is 1.36 bits per heavy atom. The topological polar surface area (TPSA) is 12.0 Å². The first-order valence-corrected chi connectivity index (χ1v) is 4.57. The van der Waals surface area contributed by atoms with E-state index in [0.717, 1.165) is 12.6 Å². The summed E-state index contributed by atoms with van der Waals surface area (Å²) in [7, 11) is 0. The molecule has 1 N–H and O–H groups in total. The number of hydrogen-bond donors (Lipinski definition) is 1. The maximum Gasteiger partial charge on any atom is 0.166 e. The summed E-state index contributed by atoms with van der Waals surface area (Å²) in [6.45, 7) is 3.50. The summed E-state index contributed by atoms with van der Waals surface area (Å²) in [5, 5.41) is 3.05. The number of nitrogens with one attached hydrogen (secondary N) is 1. The Morgan fingerprint density at radius 3 is 2.86 bits per heavy atom. The number of halogens is 2. The minimum absolute atomic E-state index is 0.280. The van der Waals surface area contributed by atoms with Gasteiger partial charge in [0.25, 0.3) is 0 Å². The summed E-state index contributed by atoms with van der Waals surface area (Å²) >= 11 is 0. The molecule has 0 fully saturated rings. The molecule has 0 spiro atoms. The summed E-state index contributed by atoms with van der Waals surface area (Å²) < 4.78 is 25.8. The second-order valence-electron chi connectivity index (χ2n) is 2.85. The SMILES string of the molecule is CCNCC=Cc1cccc(F)c1F. The smallest absolute Gasteiger partial charge is 0.166 e. The van der Waals surface area contributed by atoms with Crippen LogP contribution in [0.15, 0.2) is 24.3 Å². The van der Waals surface area contributed by atoms with Gasteiger partial charge < -0.3 is 5.32 Å². The van der Waals surface area contributed by atoms with Crippen molar-refractivity contribution in [1.29, 1.82) is 0 Å². The molecule has 0 bridgehead atoms. The fourth-order valence-corrected chi connectivity index (χ4v) is 1.06. The van der Waals surface area contributed by atoms with Gasteiger partial charge in [0.1, 0.15) is 0 Å². The van der Waals surface area contributed by atoms with E-state index in [4.69, 9.17) is 0 Å². The molecule has 0 aliphatic rings. The molecule has 0 aromatic heterocycles. The van der Waals surface area contributed by atoms with Gasteiger partial charge in [0.15, 0.2) is 11.6 Å². The molecular weight excluding hydrogens is 184 g/mol. The van der Waals surface area contributed by atoms with Crippen molar-refractivity contribution in [2.24, 2.45) is 0 Å². The van der Waals surface area contributed by atoms with Crippen molar-refractivity contribution in [2.75, 3.05) is 13.1 Å². The van der Waals surface area contributed by atoms with Crippen LogP contribution in [0, 0.1) is 11.6 Å². The standard InChI is InChI=1S/C11H13F2N/c1-2-14-8-4-6-9-5-3-7-10(12)11(9)13/h3-7,14H,2,8H2,1H3. The van der Waals surface area contributed by atoms with E-state index in [-0.39, 0.29) is 5.56 Å². The molecule has 0 radical (unpaired) electrons. The Kier molecular flexibility index (Phi) is 4.26. The monoisotopic (exact) mass is 197 g/mol. The lowest BCUT2D eigenvalue weighted by Crippen LogP contribution is -2.11. The van der Waals surface area contributed by atoms with E-state index >= 15 is 0 Å². The van der Waals surface area contributed by atoms with Gasteiger partial charge in [0.2, 0.25) is 0 Å². The number of rotatable bonds is 4. The third-order valence-electron chi connectivity index (χ3n) is 1.79. The van der Waals surface area contributed by atoms with E-state index in [1.54, 1.807) is 18.2 Å². The van der Waals surface area contributed by atoms with Crippen molar-refractivity contribution >= 4 is 6.08 Å². The van der Waals surface area contributed by atoms with E-state index in [1.807, 2.05) is 6.92 Å². The van der Waals surface area contributed by atoms with Gasteiger partial charge >= 0.3 is 0 Å². The van der Waals surface area contributed by atoms with Gasteiger partial charge in [0, 0.05) is 12.1 Å². The van der Waals surface area contributed by atoms with Crippen LogP contribution in [0.1, 0.15) is 12.5 Å². The highest BCUT2D eigenvalue weighted by Crippen LogP contribution is 2.12. The van der Waals surface area contributed by atoms with Crippen LogP contribution in [0.2, 0.25) is 0 Å². The van der Waals surface area contributed by atoms with Crippen LogP contribution in [-0.2, 0) is 0 Å². The van der Waals surface area contributed by atoms with Crippen LogP contribution in [0.25, 0.3) is 6.08 Å². The van der Waals surface area contributed by atoms with Crippen molar-refractivity contribution in [3.63, 3.8) is 0 Å². The predicted octanol–water partition coefficient (Wildman–Crippen LogP) is 2.59. The predicted molar refractivity (Wildman–Crippen MR) is 53.9 cm³/mol. The van der Waals surface area contributed by atoms with Crippen LogP contribution in [0.4, 0.5) is 8.78 Å². The molecular formula is C11H13F2N. The maximum absolute atomic E-state index is 13.1. The maximum atomic E-state index is 13.1. The average Bonchev–Trinajstić information content (AvgIpc) is 2.19. The van der Waals surface area contributed by atoms with Gasteiger partial charge in [-0.3, -0.25) is 0 Å². The largest absolute Gasteiger partial charge is 0.314 e. The summed E-state index contributed by atoms with van der Waals surface area (Å²) in [6, 6.07) is 4.14. The van der Waals surface area contributed by atoms with Gasteiger partial charge in [-0.1, -0.05) is 31.2 Å². The molecule has 0 heterocycles. The minimum atomic E-state index is -0.810. The van der Waals surface area contributed by atoms with Gasteiger partial charge in [-0.15, -0.1) is 0 Å². The van der Waals surface area contributed by atoms with E-state index in [0.29, 0.717) is 6.54 Å². The molecule has 1 rings (SSSR count). The Hall–Kier alpha value is -1.22. The van der Waals surface area contributed by atoms with Crippen molar-refractivity contribution in [3.8, 4) is 0 Å². The van der Waals surface area contributed by atoms with Gasteiger partial charge in [-0.25, -0.2) is 8.78 Å². The molecule has 14 heavy (non-hydrogen) atoms. The zero-order valence-electron chi connectivity index (χ0n) is 8.06. The molecule has 0 aliphatic heterocycles. The first-order chi connectivity index (χ1) is 6.75. The first-order valence-electron chi connectivity index (χ1n) is 4.57. The zero-order valence-corrected chi connectivity index (χ0v) is 8.06. The summed E-state index contributed by atoms with van der Waals surface area (Å²) in [6.07, 6.45) is 3.34. The summed E-state index contributed by atoms with van der Waals surface area (Å²) in [5.74, 6) is -1.60. The lowest BCUT2D eigenvalue weighted by Gasteiger charge is -1.97. The van der Waals surface area contributed by atoms with Crippen LogP contribution in [0.5, 0.6) is 0 Å². The van der Waals surface area contributed by atoms with Crippen LogP contribution < -0.4 is 5.32 Å². The molecule has 0 aliphatic carbocycles. The Morgan fingerprint density at radius 2 is 2.14 bits per heavy atom. The van der Waals surface area contributed by atoms with Gasteiger partial charge in [-0.2, -0.15) is 0 Å². The van der Waals surface area contributed by atoms with E-state index < -0.39 is 11.6 Å². The molecule has 0 saturated carbocycles. The third kappa shape index (κ3) is 2.92.